The molecule has 0 spiro atoms. The van der Waals surface area contributed by atoms with Crippen LogP contribution in [-0.4, -0.2) is 10.7 Å². The van der Waals surface area contributed by atoms with Gasteiger partial charge < -0.3 is 4.84 Å². The third-order valence-corrected chi connectivity index (χ3v) is 4.09. The number of hydrogen-bond donors (Lipinski definition) is 0. The van der Waals surface area contributed by atoms with Gasteiger partial charge in [-0.2, -0.15) is 0 Å². The monoisotopic (exact) mass is 302 g/mol. The molecule has 2 aromatic carbocycles. The maximum absolute atomic E-state index is 5.61. The number of fused-ring (bicyclic) bond motifs is 1. The molecule has 3 heteroatoms. The molecule has 0 atom stereocenters. The van der Waals surface area contributed by atoms with Crippen molar-refractivity contribution in [3.8, 4) is 0 Å². The van der Waals surface area contributed by atoms with Gasteiger partial charge in [0.25, 0.3) is 0 Å². The molecule has 1 aliphatic carbocycles. The fourth-order valence-electron chi connectivity index (χ4n) is 2.68. The van der Waals surface area contributed by atoms with Gasteiger partial charge in [0, 0.05) is 23.1 Å². The fourth-order valence-corrected chi connectivity index (χ4v) is 2.68. The Kier molecular flexibility index (Phi) is 3.76. The summed E-state index contributed by atoms with van der Waals surface area (Å²) < 4.78 is 0. The quantitative estimate of drug-likeness (QED) is 0.511. The van der Waals surface area contributed by atoms with Crippen LogP contribution < -0.4 is 0 Å². The van der Waals surface area contributed by atoms with Crippen molar-refractivity contribution < 1.29 is 4.84 Å². The minimum atomic E-state index is 0.498. The largest absolute Gasteiger partial charge is 0.391 e. The van der Waals surface area contributed by atoms with Crippen LogP contribution in [0.15, 0.2) is 72.0 Å². The lowest BCUT2D eigenvalue weighted by Gasteiger charge is -2.07. The number of rotatable bonds is 5. The van der Waals surface area contributed by atoms with Gasteiger partial charge in [0.1, 0.15) is 6.61 Å². The zero-order valence-corrected chi connectivity index (χ0v) is 12.9. The van der Waals surface area contributed by atoms with Crippen LogP contribution in [-0.2, 0) is 11.4 Å². The second-order valence-corrected chi connectivity index (χ2v) is 5.93. The highest BCUT2D eigenvalue weighted by Crippen LogP contribution is 2.34. The molecule has 0 saturated heterocycles. The minimum Gasteiger partial charge on any atom is -0.391 e. The van der Waals surface area contributed by atoms with Crippen LogP contribution in [0, 0.1) is 5.92 Å². The van der Waals surface area contributed by atoms with Gasteiger partial charge in [-0.05, 0) is 30.5 Å². The van der Waals surface area contributed by atoms with Crippen molar-refractivity contribution in [2.45, 2.75) is 19.4 Å². The van der Waals surface area contributed by atoms with Crippen LogP contribution in [0.2, 0.25) is 0 Å². The SMILES string of the molecule is c1ccc(CO/N=C(/c2cnc3ccccc3c2)C2CC2)cc1. The van der Waals surface area contributed by atoms with Crippen molar-refractivity contribution in [3.05, 3.63) is 78.0 Å². The Morgan fingerprint density at radius 3 is 2.65 bits per heavy atom. The van der Waals surface area contributed by atoms with E-state index in [1.807, 2.05) is 54.7 Å². The van der Waals surface area contributed by atoms with E-state index in [1.165, 1.54) is 12.8 Å². The number of para-hydroxylation sites is 1. The Balaban J connectivity index is 1.58. The zero-order chi connectivity index (χ0) is 15.5. The second-order valence-electron chi connectivity index (χ2n) is 5.93. The van der Waals surface area contributed by atoms with Crippen LogP contribution >= 0.6 is 0 Å². The van der Waals surface area contributed by atoms with Gasteiger partial charge in [-0.3, -0.25) is 4.98 Å². The molecular weight excluding hydrogens is 284 g/mol. The average molecular weight is 302 g/mol. The molecule has 1 aliphatic rings. The first kappa shape index (κ1) is 13.9. The van der Waals surface area contributed by atoms with Gasteiger partial charge in [-0.1, -0.05) is 53.7 Å². The van der Waals surface area contributed by atoms with E-state index in [0.29, 0.717) is 12.5 Å². The first-order valence-electron chi connectivity index (χ1n) is 7.99. The third kappa shape index (κ3) is 3.24. The Hall–Kier alpha value is -2.68. The fraction of sp³-hybridized carbons (Fsp3) is 0.200. The molecule has 0 N–H and O–H groups in total. The van der Waals surface area contributed by atoms with E-state index >= 15 is 0 Å². The lowest BCUT2D eigenvalue weighted by Crippen LogP contribution is -2.05. The molecular formula is C20H18N2O. The molecule has 1 saturated carbocycles. The van der Waals surface area contributed by atoms with E-state index in [4.69, 9.17) is 4.84 Å². The predicted molar refractivity (Wildman–Crippen MR) is 92.2 cm³/mol. The van der Waals surface area contributed by atoms with Crippen molar-refractivity contribution in [1.29, 1.82) is 0 Å². The van der Waals surface area contributed by atoms with Crippen LogP contribution in [0.4, 0.5) is 0 Å². The summed E-state index contributed by atoms with van der Waals surface area (Å²) in [7, 11) is 0. The topological polar surface area (TPSA) is 34.5 Å². The summed E-state index contributed by atoms with van der Waals surface area (Å²) in [5, 5.41) is 5.57. The molecule has 4 rings (SSSR count). The summed E-state index contributed by atoms with van der Waals surface area (Å²) in [6, 6.07) is 20.4. The van der Waals surface area contributed by atoms with Crippen LogP contribution in [0.5, 0.6) is 0 Å². The van der Waals surface area contributed by atoms with Crippen LogP contribution in [0.3, 0.4) is 0 Å². The van der Waals surface area contributed by atoms with Gasteiger partial charge in [0.15, 0.2) is 0 Å². The van der Waals surface area contributed by atoms with Gasteiger partial charge >= 0.3 is 0 Å². The highest BCUT2D eigenvalue weighted by atomic mass is 16.6. The third-order valence-electron chi connectivity index (χ3n) is 4.09. The molecule has 3 aromatic rings. The molecule has 1 aromatic heterocycles. The molecule has 1 heterocycles. The van der Waals surface area contributed by atoms with Gasteiger partial charge in [-0.25, -0.2) is 0 Å². The number of aromatic nitrogens is 1. The highest BCUT2D eigenvalue weighted by Gasteiger charge is 2.29. The molecule has 0 unspecified atom stereocenters. The van der Waals surface area contributed by atoms with Crippen LogP contribution in [0.25, 0.3) is 10.9 Å². The van der Waals surface area contributed by atoms with E-state index in [2.05, 4.69) is 22.3 Å². The van der Waals surface area contributed by atoms with E-state index in [9.17, 15) is 0 Å². The first-order chi connectivity index (χ1) is 11.4. The van der Waals surface area contributed by atoms with E-state index < -0.39 is 0 Å². The molecule has 1 fully saturated rings. The van der Waals surface area contributed by atoms with E-state index in [1.54, 1.807) is 0 Å². The molecule has 0 radical (unpaired) electrons. The molecule has 0 aliphatic heterocycles. The molecule has 0 bridgehead atoms. The maximum Gasteiger partial charge on any atom is 0.142 e. The lowest BCUT2D eigenvalue weighted by atomic mass is 10.1. The first-order valence-corrected chi connectivity index (χ1v) is 7.99. The maximum atomic E-state index is 5.61. The van der Waals surface area contributed by atoms with Crippen molar-refractivity contribution in [2.24, 2.45) is 11.1 Å². The predicted octanol–water partition coefficient (Wildman–Crippen LogP) is 4.57. The van der Waals surface area contributed by atoms with Crippen molar-refractivity contribution >= 4 is 16.6 Å². The van der Waals surface area contributed by atoms with E-state index in [0.717, 1.165) is 27.7 Å². The number of pyridine rings is 1. The Morgan fingerprint density at radius 2 is 1.83 bits per heavy atom. The van der Waals surface area contributed by atoms with Crippen LogP contribution in [0.1, 0.15) is 24.0 Å². The smallest absolute Gasteiger partial charge is 0.142 e. The summed E-state index contributed by atoms with van der Waals surface area (Å²) in [6.07, 6.45) is 4.27. The summed E-state index contributed by atoms with van der Waals surface area (Å²) in [6.45, 7) is 0.498. The van der Waals surface area contributed by atoms with Gasteiger partial charge in [0.05, 0.1) is 11.2 Å². The van der Waals surface area contributed by atoms with Crippen molar-refractivity contribution in [1.82, 2.24) is 4.98 Å². The zero-order valence-electron chi connectivity index (χ0n) is 12.9. The Labute approximate surface area is 135 Å². The minimum absolute atomic E-state index is 0.498. The standard InChI is InChI=1S/C20H18N2O/c1-2-6-15(7-3-1)14-23-22-20(16-10-11-16)18-12-17-8-4-5-9-19(17)21-13-18/h1-9,12-13,16H,10-11,14H2/b22-20+. The summed E-state index contributed by atoms with van der Waals surface area (Å²) in [5.41, 5.74) is 4.23. The average Bonchev–Trinajstić information content (AvgIpc) is 3.44. The Bertz CT molecular complexity index is 838. The molecule has 3 nitrogen and oxygen atoms in total. The van der Waals surface area contributed by atoms with E-state index in [-0.39, 0.29) is 0 Å². The number of benzene rings is 2. The Morgan fingerprint density at radius 1 is 1.04 bits per heavy atom. The molecule has 0 amide bonds. The summed E-state index contributed by atoms with van der Waals surface area (Å²) in [4.78, 5) is 10.2. The van der Waals surface area contributed by atoms with Gasteiger partial charge in [-0.15, -0.1) is 0 Å². The summed E-state index contributed by atoms with van der Waals surface area (Å²) >= 11 is 0. The summed E-state index contributed by atoms with van der Waals surface area (Å²) in [5.74, 6) is 0.508. The lowest BCUT2D eigenvalue weighted by molar-refractivity contribution is 0.130. The van der Waals surface area contributed by atoms with Crippen molar-refractivity contribution in [3.63, 3.8) is 0 Å². The number of nitrogens with zero attached hydrogens (tertiary/aromatic N) is 2. The molecule has 114 valence electrons. The number of oxime groups is 1. The second kappa shape index (κ2) is 6.21. The van der Waals surface area contributed by atoms with Gasteiger partial charge in [0.2, 0.25) is 0 Å². The molecule has 23 heavy (non-hydrogen) atoms. The number of hydrogen-bond acceptors (Lipinski definition) is 3. The van der Waals surface area contributed by atoms with Crippen molar-refractivity contribution in [2.75, 3.05) is 0 Å². The normalized spacial score (nSPS) is 14.9. The highest BCUT2D eigenvalue weighted by molar-refractivity contribution is 6.04.